The Morgan fingerprint density at radius 2 is 1.42 bits per heavy atom. The third-order valence-electron chi connectivity index (χ3n) is 4.52. The molecule has 0 aliphatic heterocycles. The number of hydrogen-bond acceptors (Lipinski definition) is 2. The average Bonchev–Trinajstić information content (AvgIpc) is 2.54. The molecule has 0 aliphatic carbocycles. The van der Waals surface area contributed by atoms with Gasteiger partial charge in [0, 0.05) is 32.3 Å². The summed E-state index contributed by atoms with van der Waals surface area (Å²) in [5.41, 5.74) is -6.90. The minimum absolute atomic E-state index is 0.0277. The van der Waals surface area contributed by atoms with Crippen LogP contribution in [0.1, 0.15) is 32.8 Å². The molecule has 0 amide bonds. The summed E-state index contributed by atoms with van der Waals surface area (Å²) < 4.78 is 96.8. The molecule has 0 radical (unpaired) electrons. The van der Waals surface area contributed by atoms with Gasteiger partial charge in [-0.3, -0.25) is 0 Å². The number of anilines is 1. The van der Waals surface area contributed by atoms with E-state index in [0.29, 0.717) is 18.8 Å². The van der Waals surface area contributed by atoms with Crippen molar-refractivity contribution in [2.75, 3.05) is 25.1 Å². The van der Waals surface area contributed by atoms with Gasteiger partial charge in [-0.1, -0.05) is 12.1 Å². The van der Waals surface area contributed by atoms with Crippen LogP contribution in [0.2, 0.25) is 0 Å². The van der Waals surface area contributed by atoms with E-state index >= 15 is 0 Å². The molecule has 0 aromatic heterocycles. The zero-order valence-corrected chi connectivity index (χ0v) is 14.9. The van der Waals surface area contributed by atoms with Gasteiger partial charge in [0.15, 0.2) is 0 Å². The van der Waals surface area contributed by atoms with Gasteiger partial charge >= 0.3 is 18.0 Å². The first-order valence-electron chi connectivity index (χ1n) is 7.98. The Hall–Kier alpha value is -1.51. The van der Waals surface area contributed by atoms with E-state index in [4.69, 9.17) is 4.74 Å². The molecule has 0 saturated heterocycles. The first-order valence-corrected chi connectivity index (χ1v) is 7.98. The zero-order valence-electron chi connectivity index (χ0n) is 14.9. The van der Waals surface area contributed by atoms with Crippen molar-refractivity contribution in [1.82, 2.24) is 0 Å². The van der Waals surface area contributed by atoms with Gasteiger partial charge in [-0.05, 0) is 38.5 Å². The predicted molar refractivity (Wildman–Crippen MR) is 84.9 cm³/mol. The normalized spacial score (nSPS) is 15.7. The first-order chi connectivity index (χ1) is 11.8. The summed E-state index contributed by atoms with van der Waals surface area (Å²) in [6.45, 7) is 5.89. The van der Waals surface area contributed by atoms with Crippen molar-refractivity contribution in [3.63, 3.8) is 0 Å². The summed E-state index contributed by atoms with van der Waals surface area (Å²) in [6, 6.07) is 5.90. The lowest BCUT2D eigenvalue weighted by Crippen LogP contribution is -2.56. The van der Waals surface area contributed by atoms with Crippen LogP contribution in [0, 0.1) is 0 Å². The van der Waals surface area contributed by atoms with Crippen molar-refractivity contribution in [1.29, 1.82) is 0 Å². The zero-order chi connectivity index (χ0) is 20.4. The Bertz CT molecular complexity index is 582. The first kappa shape index (κ1) is 22.5. The summed E-state index contributed by atoms with van der Waals surface area (Å²) in [5.74, 6) is 0. The number of rotatable bonds is 7. The second kappa shape index (κ2) is 7.62. The lowest BCUT2D eigenvalue weighted by Gasteiger charge is -2.38. The number of halogens is 7. The number of methoxy groups -OCH3 is 1. The van der Waals surface area contributed by atoms with Crippen LogP contribution in [-0.2, 0) is 10.3 Å². The van der Waals surface area contributed by atoms with Gasteiger partial charge in [0.2, 0.25) is 0 Å². The number of hydrogen-bond donors (Lipinski definition) is 0. The second-order valence-corrected chi connectivity index (χ2v) is 6.13. The van der Waals surface area contributed by atoms with E-state index in [1.54, 1.807) is 6.07 Å². The lowest BCUT2D eigenvalue weighted by molar-refractivity contribution is -0.353. The van der Waals surface area contributed by atoms with Crippen LogP contribution in [0.3, 0.4) is 0 Å². The smallest absolute Gasteiger partial charge is 0.374 e. The second-order valence-electron chi connectivity index (χ2n) is 6.13. The van der Waals surface area contributed by atoms with E-state index in [-0.39, 0.29) is 5.56 Å². The largest absolute Gasteiger partial charge is 0.431 e. The Kier molecular flexibility index (Phi) is 6.60. The topological polar surface area (TPSA) is 12.5 Å². The summed E-state index contributed by atoms with van der Waals surface area (Å²) >= 11 is 0. The molecule has 1 aromatic carbocycles. The Balaban J connectivity index is 3.41. The van der Waals surface area contributed by atoms with Crippen LogP contribution in [-0.4, -0.2) is 38.2 Å². The molecule has 9 heteroatoms. The van der Waals surface area contributed by atoms with Crippen LogP contribution < -0.4 is 4.90 Å². The SMILES string of the molecule is CCN(CC)c1cccc(C(C)(CC(F)(C(F)(F)F)C(F)(F)F)OC)c1. The van der Waals surface area contributed by atoms with Gasteiger partial charge in [0.1, 0.15) is 0 Å². The molecule has 2 nitrogen and oxygen atoms in total. The van der Waals surface area contributed by atoms with Crippen molar-refractivity contribution < 1.29 is 35.5 Å². The van der Waals surface area contributed by atoms with Gasteiger partial charge in [-0.2, -0.15) is 26.3 Å². The number of benzene rings is 1. The highest BCUT2D eigenvalue weighted by Gasteiger charge is 2.74. The summed E-state index contributed by atoms with van der Waals surface area (Å²) in [4.78, 5) is 1.86. The average molecular weight is 389 g/mol. The van der Waals surface area contributed by atoms with Crippen LogP contribution >= 0.6 is 0 Å². The van der Waals surface area contributed by atoms with Crippen LogP contribution in [0.15, 0.2) is 24.3 Å². The summed E-state index contributed by atoms with van der Waals surface area (Å²) in [6.07, 6.45) is -14.2. The third kappa shape index (κ3) is 4.24. The van der Waals surface area contributed by atoms with E-state index < -0.39 is 30.0 Å². The number of nitrogens with zero attached hydrogens (tertiary/aromatic N) is 1. The van der Waals surface area contributed by atoms with Crippen LogP contribution in [0.25, 0.3) is 0 Å². The molecular formula is C17H22F7NO. The monoisotopic (exact) mass is 389 g/mol. The molecule has 150 valence electrons. The molecule has 1 atom stereocenters. The molecule has 1 rings (SSSR count). The maximum Gasteiger partial charge on any atom is 0.431 e. The van der Waals surface area contributed by atoms with E-state index in [1.165, 1.54) is 18.2 Å². The molecule has 0 heterocycles. The molecule has 1 unspecified atom stereocenters. The quantitative estimate of drug-likeness (QED) is 0.562. The number of ether oxygens (including phenoxy) is 1. The van der Waals surface area contributed by atoms with Gasteiger partial charge in [-0.25, -0.2) is 4.39 Å². The van der Waals surface area contributed by atoms with Crippen molar-refractivity contribution in [2.24, 2.45) is 0 Å². The maximum atomic E-state index is 14.2. The Morgan fingerprint density at radius 1 is 0.923 bits per heavy atom. The van der Waals surface area contributed by atoms with E-state index in [1.807, 2.05) is 18.7 Å². The van der Waals surface area contributed by atoms with Gasteiger partial charge in [0.25, 0.3) is 0 Å². The fourth-order valence-corrected chi connectivity index (χ4v) is 2.74. The van der Waals surface area contributed by atoms with Crippen LogP contribution in [0.5, 0.6) is 0 Å². The summed E-state index contributed by atoms with van der Waals surface area (Å²) in [7, 11) is 0.956. The summed E-state index contributed by atoms with van der Waals surface area (Å²) in [5, 5.41) is 0. The molecular weight excluding hydrogens is 367 g/mol. The third-order valence-corrected chi connectivity index (χ3v) is 4.52. The Labute approximate surface area is 147 Å². The highest BCUT2D eigenvalue weighted by molar-refractivity contribution is 5.49. The Morgan fingerprint density at radius 3 is 1.81 bits per heavy atom. The molecule has 0 aliphatic rings. The van der Waals surface area contributed by atoms with Gasteiger partial charge in [0.05, 0.1) is 5.60 Å². The van der Waals surface area contributed by atoms with Crippen LogP contribution in [0.4, 0.5) is 36.4 Å². The van der Waals surface area contributed by atoms with Crippen molar-refractivity contribution in [3.05, 3.63) is 29.8 Å². The van der Waals surface area contributed by atoms with Gasteiger partial charge in [-0.15, -0.1) is 0 Å². The van der Waals surface area contributed by atoms with E-state index in [0.717, 1.165) is 14.0 Å². The fraction of sp³-hybridized carbons (Fsp3) is 0.647. The molecule has 0 bridgehead atoms. The van der Waals surface area contributed by atoms with Gasteiger partial charge < -0.3 is 9.64 Å². The van der Waals surface area contributed by atoms with Crippen molar-refractivity contribution in [3.8, 4) is 0 Å². The molecule has 0 N–H and O–H groups in total. The lowest BCUT2D eigenvalue weighted by atomic mass is 9.83. The highest BCUT2D eigenvalue weighted by atomic mass is 19.4. The maximum absolute atomic E-state index is 14.2. The fourth-order valence-electron chi connectivity index (χ4n) is 2.74. The minimum Gasteiger partial charge on any atom is -0.374 e. The minimum atomic E-state index is -6.12. The van der Waals surface area contributed by atoms with E-state index in [9.17, 15) is 30.7 Å². The molecule has 0 spiro atoms. The van der Waals surface area contributed by atoms with E-state index in [2.05, 4.69) is 0 Å². The van der Waals surface area contributed by atoms with Crippen molar-refractivity contribution >= 4 is 5.69 Å². The molecule has 26 heavy (non-hydrogen) atoms. The standard InChI is InChI=1S/C17H22F7NO/c1-5-25(6-2)13-9-7-8-12(10-13)14(3,26-4)11-15(18,16(19,20)21)17(22,23)24/h7-10H,5-6,11H2,1-4H3. The molecule has 1 aromatic rings. The number of alkyl halides is 7. The predicted octanol–water partition coefficient (Wildman–Crippen LogP) is 5.62. The molecule has 0 saturated carbocycles. The highest BCUT2D eigenvalue weighted by Crippen LogP contribution is 2.52. The van der Waals surface area contributed by atoms with Crippen molar-refractivity contribution in [2.45, 2.75) is 50.8 Å². The molecule has 0 fully saturated rings.